The van der Waals surface area contributed by atoms with Crippen molar-refractivity contribution < 1.29 is 5.11 Å². The maximum absolute atomic E-state index is 9.04. The Balaban J connectivity index is 2.20. The number of hydrogen-bond donors (Lipinski definition) is 2. The summed E-state index contributed by atoms with van der Waals surface area (Å²) in [6.45, 7) is 2.09. The zero-order valence-corrected chi connectivity index (χ0v) is 9.21. The van der Waals surface area contributed by atoms with Gasteiger partial charge in [0.15, 0.2) is 5.16 Å². The lowest BCUT2D eigenvalue weighted by Gasteiger charge is -2.04. The average molecular weight is 220 g/mol. The van der Waals surface area contributed by atoms with Crippen molar-refractivity contribution in [2.45, 2.75) is 23.6 Å². The summed E-state index contributed by atoms with van der Waals surface area (Å²) in [4.78, 5) is 8.30. The molecule has 1 aromatic heterocycles. The number of rotatable bonds is 3. The van der Waals surface area contributed by atoms with Crippen molar-refractivity contribution in [3.8, 4) is 0 Å². The number of aliphatic hydroxyl groups is 1. The molecule has 0 saturated heterocycles. The highest BCUT2D eigenvalue weighted by Crippen LogP contribution is 2.26. The van der Waals surface area contributed by atoms with Gasteiger partial charge in [-0.2, -0.15) is 0 Å². The maximum Gasteiger partial charge on any atom is 0.170 e. The SMILES string of the molecule is Cc1cc(Sc2ncc[nH]2)ccc1CO. The fourth-order valence-corrected chi connectivity index (χ4v) is 2.16. The summed E-state index contributed by atoms with van der Waals surface area (Å²) in [7, 11) is 0. The van der Waals surface area contributed by atoms with E-state index in [1.165, 1.54) is 0 Å². The molecule has 0 aliphatic carbocycles. The van der Waals surface area contributed by atoms with Crippen LogP contribution in [0, 0.1) is 6.92 Å². The summed E-state index contributed by atoms with van der Waals surface area (Å²) in [5, 5.41) is 9.92. The largest absolute Gasteiger partial charge is 0.392 e. The lowest BCUT2D eigenvalue weighted by Crippen LogP contribution is -1.88. The summed E-state index contributed by atoms with van der Waals surface area (Å²) in [6, 6.07) is 5.99. The van der Waals surface area contributed by atoms with E-state index in [1.54, 1.807) is 24.2 Å². The number of aromatic nitrogens is 2. The number of aryl methyl sites for hydroxylation is 1. The molecule has 0 amide bonds. The number of benzene rings is 1. The van der Waals surface area contributed by atoms with Gasteiger partial charge >= 0.3 is 0 Å². The summed E-state index contributed by atoms with van der Waals surface area (Å²) >= 11 is 1.58. The molecule has 78 valence electrons. The van der Waals surface area contributed by atoms with E-state index in [4.69, 9.17) is 5.11 Å². The van der Waals surface area contributed by atoms with Crippen molar-refractivity contribution in [3.05, 3.63) is 41.7 Å². The molecule has 0 spiro atoms. The van der Waals surface area contributed by atoms with Crippen LogP contribution >= 0.6 is 11.8 Å². The number of hydrogen-bond acceptors (Lipinski definition) is 3. The molecule has 0 atom stereocenters. The summed E-state index contributed by atoms with van der Waals surface area (Å²) in [5.41, 5.74) is 2.08. The Hall–Kier alpha value is -1.26. The van der Waals surface area contributed by atoms with Gasteiger partial charge in [-0.3, -0.25) is 0 Å². The Kier molecular flexibility index (Phi) is 3.08. The highest BCUT2D eigenvalue weighted by atomic mass is 32.2. The van der Waals surface area contributed by atoms with Crippen LogP contribution in [-0.4, -0.2) is 15.1 Å². The second-order valence-electron chi connectivity index (χ2n) is 3.24. The minimum atomic E-state index is 0.0948. The van der Waals surface area contributed by atoms with Gasteiger partial charge in [0.2, 0.25) is 0 Å². The highest BCUT2D eigenvalue weighted by Gasteiger charge is 2.02. The van der Waals surface area contributed by atoms with Crippen LogP contribution in [-0.2, 0) is 6.61 Å². The molecule has 2 rings (SSSR count). The van der Waals surface area contributed by atoms with Crippen LogP contribution in [0.3, 0.4) is 0 Å². The standard InChI is InChI=1S/C11H12N2OS/c1-8-6-10(3-2-9(8)7-14)15-11-12-4-5-13-11/h2-6,14H,7H2,1H3,(H,12,13). The van der Waals surface area contributed by atoms with Gasteiger partial charge in [-0.1, -0.05) is 17.8 Å². The molecular formula is C11H12N2OS. The molecular weight excluding hydrogens is 208 g/mol. The fourth-order valence-electron chi connectivity index (χ4n) is 1.33. The van der Waals surface area contributed by atoms with Crippen LogP contribution in [0.2, 0.25) is 0 Å². The van der Waals surface area contributed by atoms with Crippen molar-refractivity contribution in [1.29, 1.82) is 0 Å². The smallest absolute Gasteiger partial charge is 0.170 e. The molecule has 0 saturated carbocycles. The zero-order valence-electron chi connectivity index (χ0n) is 8.40. The molecule has 0 fully saturated rings. The molecule has 0 radical (unpaired) electrons. The molecule has 15 heavy (non-hydrogen) atoms. The first-order chi connectivity index (χ1) is 7.29. The summed E-state index contributed by atoms with van der Waals surface area (Å²) in [6.07, 6.45) is 3.54. The number of aliphatic hydroxyl groups excluding tert-OH is 1. The lowest BCUT2D eigenvalue weighted by atomic mass is 10.1. The van der Waals surface area contributed by atoms with E-state index < -0.39 is 0 Å². The van der Waals surface area contributed by atoms with Gasteiger partial charge < -0.3 is 10.1 Å². The molecule has 0 unspecified atom stereocenters. The van der Waals surface area contributed by atoms with E-state index in [1.807, 2.05) is 19.1 Å². The monoisotopic (exact) mass is 220 g/mol. The maximum atomic E-state index is 9.04. The third-order valence-corrected chi connectivity index (χ3v) is 3.08. The quantitative estimate of drug-likeness (QED) is 0.834. The van der Waals surface area contributed by atoms with Gasteiger partial charge in [0.1, 0.15) is 0 Å². The first-order valence-electron chi connectivity index (χ1n) is 4.67. The van der Waals surface area contributed by atoms with Crippen molar-refractivity contribution in [2.75, 3.05) is 0 Å². The second kappa shape index (κ2) is 4.51. The third-order valence-electron chi connectivity index (χ3n) is 2.17. The van der Waals surface area contributed by atoms with E-state index in [-0.39, 0.29) is 6.61 Å². The van der Waals surface area contributed by atoms with Crippen molar-refractivity contribution in [3.63, 3.8) is 0 Å². The Morgan fingerprint density at radius 3 is 2.93 bits per heavy atom. The van der Waals surface area contributed by atoms with Gasteiger partial charge in [0.25, 0.3) is 0 Å². The Labute approximate surface area is 92.6 Å². The molecule has 3 nitrogen and oxygen atoms in total. The van der Waals surface area contributed by atoms with E-state index >= 15 is 0 Å². The number of aromatic amines is 1. The Morgan fingerprint density at radius 2 is 2.33 bits per heavy atom. The van der Waals surface area contributed by atoms with E-state index in [0.29, 0.717) is 0 Å². The first kappa shape index (κ1) is 10.3. The zero-order chi connectivity index (χ0) is 10.7. The number of imidazole rings is 1. The molecule has 4 heteroatoms. The number of nitrogens with one attached hydrogen (secondary N) is 1. The topological polar surface area (TPSA) is 48.9 Å². The molecule has 0 aliphatic rings. The molecule has 0 bridgehead atoms. The Bertz CT molecular complexity index is 440. The molecule has 0 aliphatic heterocycles. The lowest BCUT2D eigenvalue weighted by molar-refractivity contribution is 0.281. The van der Waals surface area contributed by atoms with Crippen LogP contribution in [0.5, 0.6) is 0 Å². The van der Waals surface area contributed by atoms with Gasteiger partial charge in [-0.25, -0.2) is 4.98 Å². The molecule has 1 aromatic carbocycles. The molecule has 2 N–H and O–H groups in total. The summed E-state index contributed by atoms with van der Waals surface area (Å²) < 4.78 is 0. The van der Waals surface area contributed by atoms with Crippen molar-refractivity contribution >= 4 is 11.8 Å². The highest BCUT2D eigenvalue weighted by molar-refractivity contribution is 7.99. The fraction of sp³-hybridized carbons (Fsp3) is 0.182. The number of nitrogens with zero attached hydrogens (tertiary/aromatic N) is 1. The van der Waals surface area contributed by atoms with E-state index in [2.05, 4.69) is 16.0 Å². The van der Waals surface area contributed by atoms with E-state index in [9.17, 15) is 0 Å². The number of H-pyrrole nitrogens is 1. The first-order valence-corrected chi connectivity index (χ1v) is 5.49. The average Bonchev–Trinajstić information content (AvgIpc) is 2.71. The minimum Gasteiger partial charge on any atom is -0.392 e. The normalized spacial score (nSPS) is 10.5. The summed E-state index contributed by atoms with van der Waals surface area (Å²) in [5.74, 6) is 0. The third kappa shape index (κ3) is 2.40. The van der Waals surface area contributed by atoms with Gasteiger partial charge in [-0.05, 0) is 30.2 Å². The minimum absolute atomic E-state index is 0.0948. The van der Waals surface area contributed by atoms with Crippen LogP contribution in [0.4, 0.5) is 0 Å². The van der Waals surface area contributed by atoms with Gasteiger partial charge in [0.05, 0.1) is 6.61 Å². The van der Waals surface area contributed by atoms with E-state index in [0.717, 1.165) is 21.2 Å². The van der Waals surface area contributed by atoms with Crippen molar-refractivity contribution in [1.82, 2.24) is 9.97 Å². The molecule has 1 heterocycles. The Morgan fingerprint density at radius 1 is 1.47 bits per heavy atom. The van der Waals surface area contributed by atoms with Crippen LogP contribution in [0.25, 0.3) is 0 Å². The van der Waals surface area contributed by atoms with Gasteiger partial charge in [-0.15, -0.1) is 0 Å². The van der Waals surface area contributed by atoms with Crippen LogP contribution < -0.4 is 0 Å². The molecule has 2 aromatic rings. The van der Waals surface area contributed by atoms with Crippen LogP contribution in [0.15, 0.2) is 40.6 Å². The van der Waals surface area contributed by atoms with Crippen LogP contribution in [0.1, 0.15) is 11.1 Å². The van der Waals surface area contributed by atoms with Crippen molar-refractivity contribution in [2.24, 2.45) is 0 Å². The predicted molar refractivity (Wildman–Crippen MR) is 59.8 cm³/mol. The van der Waals surface area contributed by atoms with Gasteiger partial charge in [0, 0.05) is 17.3 Å². The second-order valence-corrected chi connectivity index (χ2v) is 4.31. The predicted octanol–water partition coefficient (Wildman–Crippen LogP) is 2.36.